The lowest BCUT2D eigenvalue weighted by Gasteiger charge is -1.97. The van der Waals surface area contributed by atoms with Gasteiger partial charge < -0.3 is 0 Å². The molecule has 9 nitrogen and oxygen atoms in total. The SMILES string of the molecule is O=S(=O)(O)C(F)(F)F.O=S(=O)(O)C(F)(F)F.O=S(=O)(O)C(F)(F)F.P. The van der Waals surface area contributed by atoms with Crippen LogP contribution in [0, 0.1) is 0 Å². The summed E-state index contributed by atoms with van der Waals surface area (Å²) < 4.78 is 173. The highest BCUT2D eigenvalue weighted by Gasteiger charge is 2.45. The predicted octanol–water partition coefficient (Wildman–Crippen LogP) is 1.24. The Labute approximate surface area is 136 Å². The first-order valence-corrected chi connectivity index (χ1v) is 8.18. The maximum Gasteiger partial charge on any atom is 0.522 e. The molecule has 25 heavy (non-hydrogen) atoms. The zero-order chi connectivity index (χ0) is 21.0. The summed E-state index contributed by atoms with van der Waals surface area (Å²) in [7, 11) is -17.5. The number of halogens is 9. The molecular formula is C3H6F9O9PS3. The van der Waals surface area contributed by atoms with E-state index in [9.17, 15) is 39.5 Å². The van der Waals surface area contributed by atoms with Crippen LogP contribution in [0.4, 0.5) is 39.5 Å². The van der Waals surface area contributed by atoms with Gasteiger partial charge in [0.05, 0.1) is 0 Å². The maximum atomic E-state index is 10.7. The van der Waals surface area contributed by atoms with Crippen molar-refractivity contribution >= 4 is 40.3 Å². The highest BCUT2D eigenvalue weighted by atomic mass is 32.2. The lowest BCUT2D eigenvalue weighted by atomic mass is 11.6. The minimum Gasteiger partial charge on any atom is -0.279 e. The van der Waals surface area contributed by atoms with Crippen molar-refractivity contribution in [3.05, 3.63) is 0 Å². The van der Waals surface area contributed by atoms with Gasteiger partial charge in [0, 0.05) is 0 Å². The predicted molar refractivity (Wildman–Crippen MR) is 63.9 cm³/mol. The quantitative estimate of drug-likeness (QED) is 0.199. The van der Waals surface area contributed by atoms with Crippen molar-refractivity contribution in [2.24, 2.45) is 0 Å². The van der Waals surface area contributed by atoms with Gasteiger partial charge in [-0.1, -0.05) is 0 Å². The van der Waals surface area contributed by atoms with Crippen LogP contribution in [-0.4, -0.2) is 55.4 Å². The van der Waals surface area contributed by atoms with Gasteiger partial charge in [0.15, 0.2) is 0 Å². The van der Waals surface area contributed by atoms with E-state index in [-0.39, 0.29) is 9.90 Å². The number of hydrogen-bond acceptors (Lipinski definition) is 6. The van der Waals surface area contributed by atoms with E-state index in [1.54, 1.807) is 0 Å². The van der Waals surface area contributed by atoms with Crippen LogP contribution in [0.5, 0.6) is 0 Å². The van der Waals surface area contributed by atoms with E-state index in [4.69, 9.17) is 38.9 Å². The fourth-order valence-corrected chi connectivity index (χ4v) is 0. The third kappa shape index (κ3) is 15.5. The van der Waals surface area contributed by atoms with Gasteiger partial charge >= 0.3 is 46.9 Å². The molecule has 0 fully saturated rings. The molecule has 0 heterocycles. The van der Waals surface area contributed by atoms with Gasteiger partial charge in [0.2, 0.25) is 0 Å². The minimum absolute atomic E-state index is 0. The average Bonchev–Trinajstić information content (AvgIpc) is 2.08. The van der Waals surface area contributed by atoms with Crippen molar-refractivity contribution in [1.29, 1.82) is 0 Å². The molecule has 0 radical (unpaired) electrons. The van der Waals surface area contributed by atoms with E-state index >= 15 is 0 Å². The molecule has 158 valence electrons. The van der Waals surface area contributed by atoms with E-state index < -0.39 is 46.9 Å². The minimum atomic E-state index is -5.84. The third-order valence-corrected chi connectivity index (χ3v) is 2.63. The van der Waals surface area contributed by atoms with Crippen LogP contribution in [0.3, 0.4) is 0 Å². The van der Waals surface area contributed by atoms with Gasteiger partial charge in [0.1, 0.15) is 0 Å². The van der Waals surface area contributed by atoms with Gasteiger partial charge in [0.25, 0.3) is 0 Å². The standard InChI is InChI=1S/3CHF3O3S.H3P/c3*2-1(3,4)8(5,6)7;/h3*(H,5,6,7);1H3. The molecule has 3 N–H and O–H groups in total. The molecule has 0 aliphatic rings. The van der Waals surface area contributed by atoms with Gasteiger partial charge in [-0.25, -0.2) is 0 Å². The zero-order valence-corrected chi connectivity index (χ0v) is 14.5. The van der Waals surface area contributed by atoms with Gasteiger partial charge in [-0.05, 0) is 0 Å². The first-order chi connectivity index (χ1) is 9.75. The molecule has 0 amide bonds. The van der Waals surface area contributed by atoms with E-state index in [0.29, 0.717) is 0 Å². The molecule has 0 aromatic carbocycles. The number of rotatable bonds is 0. The van der Waals surface area contributed by atoms with E-state index in [2.05, 4.69) is 0 Å². The normalized spacial score (nSPS) is 13.4. The smallest absolute Gasteiger partial charge is 0.279 e. The van der Waals surface area contributed by atoms with Gasteiger partial charge in [-0.15, -0.1) is 0 Å². The monoisotopic (exact) mass is 484 g/mol. The molecule has 0 saturated heterocycles. The lowest BCUT2D eigenvalue weighted by molar-refractivity contribution is -0.0514. The van der Waals surface area contributed by atoms with Crippen molar-refractivity contribution in [3.63, 3.8) is 0 Å². The molecule has 1 atom stereocenters. The summed E-state index contributed by atoms with van der Waals surface area (Å²) in [6, 6.07) is 0. The molecule has 22 heteroatoms. The number of hydrogen-bond donors (Lipinski definition) is 3. The third-order valence-electron chi connectivity index (χ3n) is 0.877. The van der Waals surface area contributed by atoms with Crippen LogP contribution in [0.1, 0.15) is 0 Å². The van der Waals surface area contributed by atoms with Crippen molar-refractivity contribution in [3.8, 4) is 0 Å². The fraction of sp³-hybridized carbons (Fsp3) is 1.00. The molecule has 0 rings (SSSR count). The molecule has 0 aromatic heterocycles. The fourth-order valence-electron chi connectivity index (χ4n) is 0. The van der Waals surface area contributed by atoms with Crippen molar-refractivity contribution in [2.45, 2.75) is 16.5 Å². The second-order valence-electron chi connectivity index (χ2n) is 2.76. The average molecular weight is 484 g/mol. The summed E-state index contributed by atoms with van der Waals surface area (Å²) in [5.74, 6) is 0. The molecule has 0 aromatic rings. The van der Waals surface area contributed by atoms with Crippen LogP contribution in [0.2, 0.25) is 0 Å². The summed E-state index contributed by atoms with van der Waals surface area (Å²) >= 11 is 0. The maximum absolute atomic E-state index is 10.7. The first kappa shape index (κ1) is 32.2. The Morgan fingerprint density at radius 2 is 0.480 bits per heavy atom. The second kappa shape index (κ2) is 9.46. The number of alkyl halides is 9. The molecule has 0 aliphatic carbocycles. The van der Waals surface area contributed by atoms with E-state index in [0.717, 1.165) is 0 Å². The summed E-state index contributed by atoms with van der Waals surface area (Å²) in [4.78, 5) is 0. The zero-order valence-electron chi connectivity index (χ0n) is 10.6. The van der Waals surface area contributed by atoms with Crippen LogP contribution >= 0.6 is 9.90 Å². The summed E-state index contributed by atoms with van der Waals surface area (Å²) in [6.45, 7) is 0. The van der Waals surface area contributed by atoms with Crippen molar-refractivity contribution in [1.82, 2.24) is 0 Å². The van der Waals surface area contributed by atoms with E-state index in [1.807, 2.05) is 0 Å². The van der Waals surface area contributed by atoms with Gasteiger partial charge in [-0.2, -0.15) is 74.7 Å². The van der Waals surface area contributed by atoms with E-state index in [1.165, 1.54) is 0 Å². The molecular weight excluding hydrogens is 478 g/mol. The topological polar surface area (TPSA) is 163 Å². The van der Waals surface area contributed by atoms with Crippen LogP contribution < -0.4 is 0 Å². The molecule has 0 saturated carbocycles. The molecule has 0 aliphatic heterocycles. The Morgan fingerprint density at radius 3 is 0.480 bits per heavy atom. The van der Waals surface area contributed by atoms with Gasteiger partial charge in [-0.3, -0.25) is 13.7 Å². The highest BCUT2D eigenvalue weighted by molar-refractivity contribution is 7.87. The molecule has 1 unspecified atom stereocenters. The Kier molecular flexibility index (Phi) is 12.2. The van der Waals surface area contributed by atoms with Crippen molar-refractivity contribution in [2.75, 3.05) is 0 Å². The summed E-state index contributed by atoms with van der Waals surface area (Å²) in [5.41, 5.74) is -16.6. The molecule has 0 bridgehead atoms. The Morgan fingerprint density at radius 1 is 0.440 bits per heavy atom. The largest absolute Gasteiger partial charge is 0.522 e. The Balaban J connectivity index is -0.000000130. The first-order valence-electron chi connectivity index (χ1n) is 3.86. The molecule has 0 spiro atoms. The summed E-state index contributed by atoms with van der Waals surface area (Å²) in [5, 5.41) is 0. The van der Waals surface area contributed by atoms with Crippen molar-refractivity contribution < 1.29 is 78.4 Å². The Bertz CT molecular complexity index is 596. The lowest BCUT2D eigenvalue weighted by Crippen LogP contribution is -2.21. The van der Waals surface area contributed by atoms with Crippen LogP contribution in [0.15, 0.2) is 0 Å². The summed E-state index contributed by atoms with van der Waals surface area (Å²) in [6.07, 6.45) is 0. The second-order valence-corrected chi connectivity index (χ2v) is 7.00. The van der Waals surface area contributed by atoms with Crippen LogP contribution in [-0.2, 0) is 30.4 Å². The van der Waals surface area contributed by atoms with Crippen LogP contribution in [0.25, 0.3) is 0 Å². The highest BCUT2D eigenvalue weighted by Crippen LogP contribution is 2.21. The Hall–Kier alpha value is -0.470.